The Kier molecular flexibility index (Phi) is 4.83. The van der Waals surface area contributed by atoms with Crippen molar-refractivity contribution in [2.45, 2.75) is 11.3 Å². The van der Waals surface area contributed by atoms with Crippen LogP contribution in [0.5, 0.6) is 5.75 Å². The normalized spacial score (nSPS) is 20.5. The number of thioether (sulfide) groups is 1. The number of hydrogen-bond acceptors (Lipinski definition) is 5. The average Bonchev–Trinajstić information content (AvgIpc) is 3.18. The average molecular weight is 456 g/mol. The van der Waals surface area contributed by atoms with Gasteiger partial charge in [-0.2, -0.15) is 0 Å². The molecule has 0 saturated carbocycles. The van der Waals surface area contributed by atoms with Crippen molar-refractivity contribution < 1.29 is 18.7 Å². The third-order valence-corrected chi connectivity index (χ3v) is 6.94. The first-order valence-corrected chi connectivity index (χ1v) is 10.6. The number of benzene rings is 2. The molecule has 3 amide bonds. The summed E-state index contributed by atoms with van der Waals surface area (Å²) in [6, 6.07) is 8.39. The van der Waals surface area contributed by atoms with Crippen LogP contribution in [0.1, 0.15) is 5.56 Å². The highest BCUT2D eigenvalue weighted by atomic mass is 35.5. The first-order valence-electron chi connectivity index (χ1n) is 9.36. The van der Waals surface area contributed by atoms with Crippen LogP contribution in [-0.4, -0.2) is 35.3 Å². The van der Waals surface area contributed by atoms with E-state index in [-0.39, 0.29) is 5.91 Å². The lowest BCUT2D eigenvalue weighted by atomic mass is 10.1. The summed E-state index contributed by atoms with van der Waals surface area (Å²) < 4.78 is 18.9. The second-order valence-electron chi connectivity index (χ2n) is 7.09. The van der Waals surface area contributed by atoms with E-state index in [9.17, 15) is 14.0 Å². The number of carbonyl (C=O) groups excluding carboxylic acids is 2. The lowest BCUT2D eigenvalue weighted by molar-refractivity contribution is -0.118. The number of methoxy groups -OCH3 is 1. The van der Waals surface area contributed by atoms with Crippen molar-refractivity contribution in [1.29, 1.82) is 0 Å². The molecule has 2 unspecified atom stereocenters. The zero-order valence-electron chi connectivity index (χ0n) is 16.1. The molecule has 1 aromatic heterocycles. The maximum absolute atomic E-state index is 13.6. The topological polar surface area (TPSA) is 71.5 Å². The Morgan fingerprint density at radius 2 is 2.03 bits per heavy atom. The van der Waals surface area contributed by atoms with Gasteiger partial charge in [0.05, 0.1) is 25.0 Å². The minimum absolute atomic E-state index is 0.312. The second kappa shape index (κ2) is 7.55. The Hall–Kier alpha value is -3.10. The number of nitrogens with one attached hydrogen (secondary N) is 1. The van der Waals surface area contributed by atoms with Gasteiger partial charge in [0.25, 0.3) is 5.91 Å². The first kappa shape index (κ1) is 19.8. The summed E-state index contributed by atoms with van der Waals surface area (Å²) in [5.41, 5.74) is 1.04. The maximum atomic E-state index is 13.6. The van der Waals surface area contributed by atoms with E-state index in [1.807, 2.05) is 6.08 Å². The standard InChI is InChI=1S/C22H15ClFN3O3S/c1-30-13-3-5-16(23)15(7-13)19-8-17-20(31-19)21(28)27(22(29)26-17)18-10-25-9-11-6-12(24)2-4-14(11)18/h2-10,17,20H,1H3,(H,26,29). The van der Waals surface area contributed by atoms with Crippen LogP contribution in [0.25, 0.3) is 15.7 Å². The van der Waals surface area contributed by atoms with Crippen molar-refractivity contribution in [3.05, 3.63) is 71.3 Å². The van der Waals surface area contributed by atoms with E-state index in [0.29, 0.717) is 27.2 Å². The molecule has 3 aromatic rings. The second-order valence-corrected chi connectivity index (χ2v) is 8.68. The van der Waals surface area contributed by atoms with Crippen LogP contribution in [0, 0.1) is 5.82 Å². The Bertz CT molecular complexity index is 1280. The zero-order valence-corrected chi connectivity index (χ0v) is 17.7. The quantitative estimate of drug-likeness (QED) is 0.624. The van der Waals surface area contributed by atoms with E-state index in [4.69, 9.17) is 16.3 Å². The number of fused-ring (bicyclic) bond motifs is 2. The van der Waals surface area contributed by atoms with E-state index < -0.39 is 23.1 Å². The highest BCUT2D eigenvalue weighted by molar-refractivity contribution is 8.09. The summed E-state index contributed by atoms with van der Waals surface area (Å²) in [5.74, 6) is -0.152. The van der Waals surface area contributed by atoms with Crippen molar-refractivity contribution in [2.75, 3.05) is 12.0 Å². The fourth-order valence-electron chi connectivity index (χ4n) is 3.77. The van der Waals surface area contributed by atoms with E-state index in [2.05, 4.69) is 10.3 Å². The lowest BCUT2D eigenvalue weighted by Gasteiger charge is -2.33. The number of aromatic nitrogens is 1. The lowest BCUT2D eigenvalue weighted by Crippen LogP contribution is -2.60. The van der Waals surface area contributed by atoms with Crippen LogP contribution in [0.4, 0.5) is 14.9 Å². The number of anilines is 1. The fourth-order valence-corrected chi connectivity index (χ4v) is 5.34. The summed E-state index contributed by atoms with van der Waals surface area (Å²) in [4.78, 5) is 32.2. The van der Waals surface area contributed by atoms with Gasteiger partial charge in [-0.1, -0.05) is 11.6 Å². The van der Waals surface area contributed by atoms with Crippen molar-refractivity contribution in [3.8, 4) is 5.75 Å². The van der Waals surface area contributed by atoms with Gasteiger partial charge in [-0.3, -0.25) is 9.78 Å². The van der Waals surface area contributed by atoms with Gasteiger partial charge < -0.3 is 10.1 Å². The van der Waals surface area contributed by atoms with Crippen LogP contribution >= 0.6 is 23.4 Å². The molecule has 9 heteroatoms. The molecule has 5 rings (SSSR count). The number of carbonyl (C=O) groups is 2. The Morgan fingerprint density at radius 3 is 2.84 bits per heavy atom. The van der Waals surface area contributed by atoms with Crippen molar-refractivity contribution in [3.63, 3.8) is 0 Å². The molecule has 0 aliphatic carbocycles. The van der Waals surface area contributed by atoms with Gasteiger partial charge >= 0.3 is 6.03 Å². The van der Waals surface area contributed by atoms with Crippen LogP contribution in [-0.2, 0) is 4.79 Å². The number of imide groups is 1. The van der Waals surface area contributed by atoms with E-state index in [0.717, 1.165) is 15.4 Å². The van der Waals surface area contributed by atoms with Gasteiger partial charge in [0.1, 0.15) is 16.8 Å². The Morgan fingerprint density at radius 1 is 1.19 bits per heavy atom. The Labute approximate surface area is 186 Å². The summed E-state index contributed by atoms with van der Waals surface area (Å²) >= 11 is 7.70. The van der Waals surface area contributed by atoms with E-state index >= 15 is 0 Å². The van der Waals surface area contributed by atoms with Crippen LogP contribution in [0.2, 0.25) is 5.02 Å². The molecule has 0 spiro atoms. The molecule has 2 aliphatic rings. The van der Waals surface area contributed by atoms with Gasteiger partial charge in [0.15, 0.2) is 0 Å². The highest BCUT2D eigenvalue weighted by Crippen LogP contribution is 2.45. The number of rotatable bonds is 3. The molecule has 1 N–H and O–H groups in total. The molecular weight excluding hydrogens is 441 g/mol. The van der Waals surface area contributed by atoms with Gasteiger partial charge in [0, 0.05) is 32.5 Å². The van der Waals surface area contributed by atoms with Gasteiger partial charge in [-0.05, 0) is 42.5 Å². The van der Waals surface area contributed by atoms with Gasteiger partial charge in [-0.25, -0.2) is 14.1 Å². The molecule has 3 heterocycles. The SMILES string of the molecule is COc1ccc(Cl)c(C2=CC3NC(=O)N(c4cncc5cc(F)ccc45)C(=O)C3S2)c1. The smallest absolute Gasteiger partial charge is 0.329 e. The molecule has 1 fully saturated rings. The summed E-state index contributed by atoms with van der Waals surface area (Å²) in [5, 5.41) is 3.89. The number of nitrogens with zero attached hydrogens (tertiary/aromatic N) is 2. The molecule has 31 heavy (non-hydrogen) atoms. The van der Waals surface area contributed by atoms with Crippen LogP contribution in [0.3, 0.4) is 0 Å². The number of pyridine rings is 1. The zero-order chi connectivity index (χ0) is 21.7. The third kappa shape index (κ3) is 3.32. The molecule has 0 bridgehead atoms. The molecule has 0 radical (unpaired) electrons. The minimum atomic E-state index is -0.564. The minimum Gasteiger partial charge on any atom is -0.497 e. The third-order valence-electron chi connectivity index (χ3n) is 5.25. The number of urea groups is 1. The highest BCUT2D eigenvalue weighted by Gasteiger charge is 2.45. The fraction of sp³-hybridized carbons (Fsp3) is 0.136. The van der Waals surface area contributed by atoms with Crippen LogP contribution < -0.4 is 15.0 Å². The molecule has 6 nitrogen and oxygen atoms in total. The summed E-state index contributed by atoms with van der Waals surface area (Å²) in [6.07, 6.45) is 4.76. The summed E-state index contributed by atoms with van der Waals surface area (Å²) in [7, 11) is 1.56. The number of hydrogen-bond donors (Lipinski definition) is 1. The number of halogens is 2. The molecule has 2 aliphatic heterocycles. The van der Waals surface area contributed by atoms with E-state index in [1.54, 1.807) is 25.3 Å². The predicted molar refractivity (Wildman–Crippen MR) is 119 cm³/mol. The molecular formula is C22H15ClFN3O3S. The first-order chi connectivity index (χ1) is 15.0. The van der Waals surface area contributed by atoms with Crippen molar-refractivity contribution in [1.82, 2.24) is 10.3 Å². The Balaban J connectivity index is 1.50. The van der Waals surface area contributed by atoms with Gasteiger partial charge in [-0.15, -0.1) is 11.8 Å². The van der Waals surface area contributed by atoms with Gasteiger partial charge in [0.2, 0.25) is 0 Å². The summed E-state index contributed by atoms with van der Waals surface area (Å²) in [6.45, 7) is 0. The monoisotopic (exact) mass is 455 g/mol. The number of ether oxygens (including phenoxy) is 1. The molecule has 2 atom stereocenters. The maximum Gasteiger partial charge on any atom is 0.329 e. The predicted octanol–water partition coefficient (Wildman–Crippen LogP) is 4.62. The molecule has 156 valence electrons. The molecule has 1 saturated heterocycles. The largest absolute Gasteiger partial charge is 0.497 e. The van der Waals surface area contributed by atoms with E-state index in [1.165, 1.54) is 42.4 Å². The molecule has 2 aromatic carbocycles. The number of amides is 3. The van der Waals surface area contributed by atoms with Crippen molar-refractivity contribution in [2.24, 2.45) is 0 Å². The van der Waals surface area contributed by atoms with Crippen LogP contribution in [0.15, 0.2) is 54.9 Å². The van der Waals surface area contributed by atoms with Crippen molar-refractivity contribution >= 4 is 56.7 Å².